The van der Waals surface area contributed by atoms with Crippen LogP contribution in [0, 0.1) is 0 Å². The lowest BCUT2D eigenvalue weighted by molar-refractivity contribution is 0.482. The van der Waals surface area contributed by atoms with E-state index in [0.717, 1.165) is 13.0 Å². The van der Waals surface area contributed by atoms with Gasteiger partial charge >= 0.3 is 0 Å². The smallest absolute Gasteiger partial charge is 0.0208 e. The molecule has 2 aromatic rings. The van der Waals surface area contributed by atoms with Gasteiger partial charge in [0.25, 0.3) is 0 Å². The molecule has 0 spiro atoms. The lowest BCUT2D eigenvalue weighted by Gasteiger charge is -2.26. The Morgan fingerprint density at radius 2 is 1.70 bits per heavy atom. The van der Waals surface area contributed by atoms with Gasteiger partial charge in [0.15, 0.2) is 0 Å². The van der Waals surface area contributed by atoms with E-state index < -0.39 is 0 Å². The van der Waals surface area contributed by atoms with Crippen LogP contribution in [0.3, 0.4) is 0 Å². The van der Waals surface area contributed by atoms with E-state index in [1.807, 2.05) is 6.07 Å². The van der Waals surface area contributed by atoms with Crippen molar-refractivity contribution in [3.63, 3.8) is 0 Å². The molecule has 20 heavy (non-hydrogen) atoms. The highest BCUT2D eigenvalue weighted by atomic mass is 14.9. The molecule has 0 saturated heterocycles. The average Bonchev–Trinajstić information content (AvgIpc) is 2.53. The molecule has 0 radical (unpaired) electrons. The van der Waals surface area contributed by atoms with E-state index in [1.54, 1.807) is 0 Å². The summed E-state index contributed by atoms with van der Waals surface area (Å²) in [5.41, 5.74) is 5.43. The Bertz CT molecular complexity index is 586. The molecule has 1 atom stereocenters. The van der Waals surface area contributed by atoms with Gasteiger partial charge in [-0.15, -0.1) is 0 Å². The molecule has 0 amide bonds. The van der Waals surface area contributed by atoms with E-state index in [0.29, 0.717) is 6.04 Å². The highest BCUT2D eigenvalue weighted by molar-refractivity contribution is 5.64. The monoisotopic (exact) mass is 263 g/mol. The van der Waals surface area contributed by atoms with Crippen LogP contribution in [0.15, 0.2) is 61.2 Å². The molecule has 102 valence electrons. The fraction of sp³-hybridized carbons (Fsp3) is 0.263. The van der Waals surface area contributed by atoms with Crippen molar-refractivity contribution >= 4 is 5.57 Å². The molecule has 0 heterocycles. The maximum atomic E-state index is 4.19. The minimum absolute atomic E-state index is 0.574. The van der Waals surface area contributed by atoms with Crippen molar-refractivity contribution in [3.8, 4) is 0 Å². The standard InChI is InChI=1S/C19H21N/c1-15(16-7-3-2-4-8-16)14-20-19-12-11-17-9-5-6-10-18(17)13-19/h2-10,19-20H,1,11-14H2. The van der Waals surface area contributed by atoms with Crippen LogP contribution in [0.2, 0.25) is 0 Å². The van der Waals surface area contributed by atoms with E-state index in [4.69, 9.17) is 0 Å². The molecule has 0 fully saturated rings. The largest absolute Gasteiger partial charge is 0.310 e. The predicted octanol–water partition coefficient (Wildman–Crippen LogP) is 3.85. The van der Waals surface area contributed by atoms with Crippen molar-refractivity contribution in [1.82, 2.24) is 5.32 Å². The van der Waals surface area contributed by atoms with E-state index in [9.17, 15) is 0 Å². The van der Waals surface area contributed by atoms with Crippen molar-refractivity contribution in [2.75, 3.05) is 6.54 Å². The van der Waals surface area contributed by atoms with Gasteiger partial charge in [0.05, 0.1) is 0 Å². The van der Waals surface area contributed by atoms with Crippen LogP contribution in [0.5, 0.6) is 0 Å². The molecule has 1 aliphatic rings. The first kappa shape index (κ1) is 13.1. The van der Waals surface area contributed by atoms with Crippen LogP contribution in [-0.2, 0) is 12.8 Å². The highest BCUT2D eigenvalue weighted by Crippen LogP contribution is 2.21. The van der Waals surface area contributed by atoms with Crippen LogP contribution in [0.25, 0.3) is 5.57 Å². The summed E-state index contributed by atoms with van der Waals surface area (Å²) in [5.74, 6) is 0. The normalized spacial score (nSPS) is 17.5. The second-order valence-electron chi connectivity index (χ2n) is 5.56. The Hall–Kier alpha value is -1.86. The molecule has 1 heteroatoms. The Labute approximate surface area is 121 Å². The minimum Gasteiger partial charge on any atom is -0.310 e. The molecule has 3 rings (SSSR count). The molecule has 1 aliphatic carbocycles. The molecule has 0 aromatic heterocycles. The van der Waals surface area contributed by atoms with Crippen molar-refractivity contribution < 1.29 is 0 Å². The second kappa shape index (κ2) is 6.06. The van der Waals surface area contributed by atoms with E-state index in [-0.39, 0.29) is 0 Å². The third kappa shape index (κ3) is 3.00. The van der Waals surface area contributed by atoms with Gasteiger partial charge < -0.3 is 5.32 Å². The Balaban J connectivity index is 1.57. The summed E-state index contributed by atoms with van der Waals surface area (Å²) in [6, 6.07) is 19.8. The van der Waals surface area contributed by atoms with Crippen molar-refractivity contribution in [2.45, 2.75) is 25.3 Å². The van der Waals surface area contributed by atoms with Gasteiger partial charge in [-0.2, -0.15) is 0 Å². The van der Waals surface area contributed by atoms with Crippen LogP contribution >= 0.6 is 0 Å². The van der Waals surface area contributed by atoms with E-state index in [2.05, 4.69) is 60.4 Å². The number of benzene rings is 2. The summed E-state index contributed by atoms with van der Waals surface area (Å²) in [7, 11) is 0. The molecular weight excluding hydrogens is 242 g/mol. The highest BCUT2D eigenvalue weighted by Gasteiger charge is 2.17. The van der Waals surface area contributed by atoms with Gasteiger partial charge in [0, 0.05) is 12.6 Å². The molecule has 0 saturated carbocycles. The van der Waals surface area contributed by atoms with Crippen LogP contribution in [-0.4, -0.2) is 12.6 Å². The van der Waals surface area contributed by atoms with E-state index >= 15 is 0 Å². The van der Waals surface area contributed by atoms with E-state index in [1.165, 1.54) is 35.1 Å². The van der Waals surface area contributed by atoms with Crippen LogP contribution in [0.4, 0.5) is 0 Å². The lowest BCUT2D eigenvalue weighted by Crippen LogP contribution is -2.35. The van der Waals surface area contributed by atoms with Crippen LogP contribution in [0.1, 0.15) is 23.1 Å². The zero-order valence-corrected chi connectivity index (χ0v) is 11.8. The fourth-order valence-corrected chi connectivity index (χ4v) is 2.92. The molecule has 1 N–H and O–H groups in total. The summed E-state index contributed by atoms with van der Waals surface area (Å²) in [6.07, 6.45) is 3.54. The first-order chi connectivity index (χ1) is 9.83. The quantitative estimate of drug-likeness (QED) is 0.883. The van der Waals surface area contributed by atoms with Gasteiger partial charge in [-0.05, 0) is 41.5 Å². The van der Waals surface area contributed by atoms with Gasteiger partial charge in [0.1, 0.15) is 0 Å². The molecular formula is C19H21N. The molecule has 0 aliphatic heterocycles. The summed E-state index contributed by atoms with van der Waals surface area (Å²) < 4.78 is 0. The van der Waals surface area contributed by atoms with Crippen molar-refractivity contribution in [1.29, 1.82) is 0 Å². The number of rotatable bonds is 4. The van der Waals surface area contributed by atoms with Crippen molar-refractivity contribution in [2.24, 2.45) is 0 Å². The Morgan fingerprint density at radius 3 is 2.50 bits per heavy atom. The summed E-state index contributed by atoms with van der Waals surface area (Å²) in [5, 5.41) is 3.66. The molecule has 0 bridgehead atoms. The Morgan fingerprint density at radius 1 is 1.00 bits per heavy atom. The van der Waals surface area contributed by atoms with Gasteiger partial charge in [-0.1, -0.05) is 61.2 Å². The third-order valence-electron chi connectivity index (χ3n) is 4.13. The summed E-state index contributed by atoms with van der Waals surface area (Å²) in [6.45, 7) is 5.06. The number of nitrogens with one attached hydrogen (secondary N) is 1. The first-order valence-electron chi connectivity index (χ1n) is 7.36. The summed E-state index contributed by atoms with van der Waals surface area (Å²) >= 11 is 0. The number of aryl methyl sites for hydroxylation is 1. The first-order valence-corrected chi connectivity index (χ1v) is 7.36. The van der Waals surface area contributed by atoms with Gasteiger partial charge in [-0.25, -0.2) is 0 Å². The lowest BCUT2D eigenvalue weighted by atomic mass is 9.88. The minimum atomic E-state index is 0.574. The zero-order chi connectivity index (χ0) is 13.8. The van der Waals surface area contributed by atoms with Crippen LogP contribution < -0.4 is 5.32 Å². The summed E-state index contributed by atoms with van der Waals surface area (Å²) in [4.78, 5) is 0. The van der Waals surface area contributed by atoms with Crippen molar-refractivity contribution in [3.05, 3.63) is 77.9 Å². The third-order valence-corrected chi connectivity index (χ3v) is 4.13. The number of fused-ring (bicyclic) bond motifs is 1. The maximum absolute atomic E-state index is 4.19. The number of hydrogen-bond acceptors (Lipinski definition) is 1. The van der Waals surface area contributed by atoms with Gasteiger partial charge in [-0.3, -0.25) is 0 Å². The topological polar surface area (TPSA) is 12.0 Å². The number of hydrogen-bond donors (Lipinski definition) is 1. The molecule has 2 aromatic carbocycles. The zero-order valence-electron chi connectivity index (χ0n) is 11.8. The fourth-order valence-electron chi connectivity index (χ4n) is 2.92. The Kier molecular flexibility index (Phi) is 3.98. The second-order valence-corrected chi connectivity index (χ2v) is 5.56. The SMILES string of the molecule is C=C(CNC1CCc2ccccc2C1)c1ccccc1. The average molecular weight is 263 g/mol. The molecule has 1 nitrogen and oxygen atoms in total. The predicted molar refractivity (Wildman–Crippen MR) is 85.7 cm³/mol. The van der Waals surface area contributed by atoms with Gasteiger partial charge in [0.2, 0.25) is 0 Å². The maximum Gasteiger partial charge on any atom is 0.0208 e. The molecule has 1 unspecified atom stereocenters.